The smallest absolute Gasteiger partial charge is 0.0798 e. The molecule has 1 aromatic heterocycles. The molecule has 62 valence electrons. The highest BCUT2D eigenvalue weighted by Gasteiger charge is 2.11. The third kappa shape index (κ3) is 1.77. The van der Waals surface area contributed by atoms with Crippen molar-refractivity contribution in [3.63, 3.8) is 0 Å². The number of hydrogen-bond acceptors (Lipinski definition) is 4. The first kappa shape index (κ1) is 8.64. The molecule has 0 fully saturated rings. The summed E-state index contributed by atoms with van der Waals surface area (Å²) in [4.78, 5) is 5.40. The number of nitrogens with zero attached hydrogens (tertiary/aromatic N) is 1. The van der Waals surface area contributed by atoms with Crippen molar-refractivity contribution in [1.29, 1.82) is 0 Å². The van der Waals surface area contributed by atoms with E-state index in [4.69, 9.17) is 5.84 Å². The maximum absolute atomic E-state index is 5.37. The molecule has 4 heteroatoms. The molecule has 1 heterocycles. The molecular formula is C7H13N3S. The van der Waals surface area contributed by atoms with E-state index in [9.17, 15) is 0 Å². The Labute approximate surface area is 70.6 Å². The fourth-order valence-electron chi connectivity index (χ4n) is 1.02. The van der Waals surface area contributed by atoms with Crippen molar-refractivity contribution < 1.29 is 0 Å². The van der Waals surface area contributed by atoms with Crippen LogP contribution in [0.5, 0.6) is 0 Å². The molecule has 3 nitrogen and oxygen atoms in total. The highest BCUT2D eigenvalue weighted by molar-refractivity contribution is 7.09. The predicted octanol–water partition coefficient (Wildman–Crippen LogP) is 1.37. The van der Waals surface area contributed by atoms with Gasteiger partial charge in [0, 0.05) is 4.88 Å². The van der Waals surface area contributed by atoms with E-state index in [2.05, 4.69) is 17.3 Å². The predicted molar refractivity (Wildman–Crippen MR) is 47.2 cm³/mol. The zero-order valence-corrected chi connectivity index (χ0v) is 7.61. The monoisotopic (exact) mass is 171 g/mol. The molecule has 1 unspecified atom stereocenters. The Hall–Kier alpha value is -0.450. The Bertz CT molecular complexity index is 217. The molecule has 0 bridgehead atoms. The van der Waals surface area contributed by atoms with Gasteiger partial charge >= 0.3 is 0 Å². The summed E-state index contributed by atoms with van der Waals surface area (Å²) in [7, 11) is 0. The van der Waals surface area contributed by atoms with Gasteiger partial charge in [-0.05, 0) is 13.3 Å². The van der Waals surface area contributed by atoms with E-state index in [0.29, 0.717) is 0 Å². The molecule has 0 aliphatic carbocycles. The van der Waals surface area contributed by atoms with Crippen molar-refractivity contribution in [2.75, 3.05) is 0 Å². The third-order valence-corrected chi connectivity index (χ3v) is 2.75. The summed E-state index contributed by atoms with van der Waals surface area (Å²) in [5.41, 5.74) is 5.70. The summed E-state index contributed by atoms with van der Waals surface area (Å²) < 4.78 is 0. The lowest BCUT2D eigenvalue weighted by Crippen LogP contribution is -2.27. The van der Waals surface area contributed by atoms with Crippen LogP contribution in [-0.2, 0) is 0 Å². The summed E-state index contributed by atoms with van der Waals surface area (Å²) in [6.45, 7) is 4.11. The molecule has 1 rings (SSSR count). The normalized spacial score (nSPS) is 13.4. The van der Waals surface area contributed by atoms with Gasteiger partial charge < -0.3 is 0 Å². The molecule has 0 spiro atoms. The lowest BCUT2D eigenvalue weighted by molar-refractivity contribution is 0.544. The second kappa shape index (κ2) is 3.80. The van der Waals surface area contributed by atoms with Crippen molar-refractivity contribution in [3.05, 3.63) is 16.1 Å². The maximum atomic E-state index is 5.37. The minimum absolute atomic E-state index is 0.266. The van der Waals surface area contributed by atoms with Gasteiger partial charge in [0.05, 0.1) is 17.2 Å². The molecule has 0 saturated carbocycles. The zero-order chi connectivity index (χ0) is 8.27. The Morgan fingerprint density at radius 2 is 2.55 bits per heavy atom. The molecular weight excluding hydrogens is 158 g/mol. The van der Waals surface area contributed by atoms with Crippen LogP contribution in [0, 0.1) is 6.92 Å². The SMILES string of the molecule is CCC(NN)c1scnc1C. The standard InChI is InChI=1S/C7H13N3S/c1-3-6(10-8)7-5(2)9-4-11-7/h4,6,10H,3,8H2,1-2H3. The highest BCUT2D eigenvalue weighted by atomic mass is 32.1. The van der Waals surface area contributed by atoms with Crippen LogP contribution < -0.4 is 11.3 Å². The minimum atomic E-state index is 0.266. The van der Waals surface area contributed by atoms with Gasteiger partial charge in [0.15, 0.2) is 0 Å². The number of hydrazine groups is 1. The van der Waals surface area contributed by atoms with Gasteiger partial charge in [0.1, 0.15) is 0 Å². The van der Waals surface area contributed by atoms with Crippen molar-refractivity contribution in [1.82, 2.24) is 10.4 Å². The number of aromatic nitrogens is 1. The van der Waals surface area contributed by atoms with Gasteiger partial charge in [-0.1, -0.05) is 6.92 Å². The summed E-state index contributed by atoms with van der Waals surface area (Å²) in [6.07, 6.45) is 1.000. The summed E-state index contributed by atoms with van der Waals surface area (Å²) in [5.74, 6) is 5.37. The van der Waals surface area contributed by atoms with Gasteiger partial charge in [-0.3, -0.25) is 11.3 Å². The summed E-state index contributed by atoms with van der Waals surface area (Å²) in [6, 6.07) is 0.266. The Morgan fingerprint density at radius 3 is 2.91 bits per heavy atom. The molecule has 0 aromatic carbocycles. The van der Waals surface area contributed by atoms with Gasteiger partial charge in [0.25, 0.3) is 0 Å². The van der Waals surface area contributed by atoms with E-state index in [-0.39, 0.29) is 6.04 Å². The van der Waals surface area contributed by atoms with E-state index in [1.54, 1.807) is 11.3 Å². The van der Waals surface area contributed by atoms with Crippen LogP contribution in [0.1, 0.15) is 30.0 Å². The molecule has 0 radical (unpaired) electrons. The van der Waals surface area contributed by atoms with Crippen LogP contribution in [0.15, 0.2) is 5.51 Å². The highest BCUT2D eigenvalue weighted by Crippen LogP contribution is 2.22. The summed E-state index contributed by atoms with van der Waals surface area (Å²) in [5, 5.41) is 0. The molecule has 1 aromatic rings. The van der Waals surface area contributed by atoms with E-state index < -0.39 is 0 Å². The Kier molecular flexibility index (Phi) is 2.99. The molecule has 1 atom stereocenters. The Morgan fingerprint density at radius 1 is 1.82 bits per heavy atom. The molecule has 0 saturated heterocycles. The van der Waals surface area contributed by atoms with Gasteiger partial charge in [-0.2, -0.15) is 0 Å². The number of nitrogens with two attached hydrogens (primary N) is 1. The number of nitrogens with one attached hydrogen (secondary N) is 1. The van der Waals surface area contributed by atoms with Crippen molar-refractivity contribution in [2.24, 2.45) is 5.84 Å². The van der Waals surface area contributed by atoms with Crippen molar-refractivity contribution in [2.45, 2.75) is 26.3 Å². The average Bonchev–Trinajstić information content (AvgIpc) is 2.40. The van der Waals surface area contributed by atoms with Gasteiger partial charge in [-0.25, -0.2) is 4.98 Å². The first-order chi connectivity index (χ1) is 5.29. The number of aryl methyl sites for hydroxylation is 1. The molecule has 0 aliphatic heterocycles. The van der Waals surface area contributed by atoms with Gasteiger partial charge in [0.2, 0.25) is 0 Å². The van der Waals surface area contributed by atoms with Crippen LogP contribution in [-0.4, -0.2) is 4.98 Å². The van der Waals surface area contributed by atoms with E-state index >= 15 is 0 Å². The largest absolute Gasteiger partial charge is 0.271 e. The minimum Gasteiger partial charge on any atom is -0.271 e. The fraction of sp³-hybridized carbons (Fsp3) is 0.571. The number of thiazole rings is 1. The van der Waals surface area contributed by atoms with Crippen molar-refractivity contribution >= 4 is 11.3 Å². The lowest BCUT2D eigenvalue weighted by atomic mass is 10.2. The first-order valence-electron chi connectivity index (χ1n) is 3.65. The zero-order valence-electron chi connectivity index (χ0n) is 6.79. The van der Waals surface area contributed by atoms with Crippen LogP contribution >= 0.6 is 11.3 Å². The van der Waals surface area contributed by atoms with E-state index in [1.165, 1.54) is 4.88 Å². The third-order valence-electron chi connectivity index (χ3n) is 1.71. The second-order valence-corrected chi connectivity index (χ2v) is 3.32. The maximum Gasteiger partial charge on any atom is 0.0798 e. The van der Waals surface area contributed by atoms with Crippen molar-refractivity contribution in [3.8, 4) is 0 Å². The molecule has 0 amide bonds. The summed E-state index contributed by atoms with van der Waals surface area (Å²) >= 11 is 1.65. The number of hydrogen-bond donors (Lipinski definition) is 2. The number of rotatable bonds is 3. The first-order valence-corrected chi connectivity index (χ1v) is 4.53. The fourth-order valence-corrected chi connectivity index (χ4v) is 1.97. The van der Waals surface area contributed by atoms with Gasteiger partial charge in [-0.15, -0.1) is 11.3 Å². The quantitative estimate of drug-likeness (QED) is 0.533. The topological polar surface area (TPSA) is 50.9 Å². The van der Waals surface area contributed by atoms with E-state index in [1.807, 2.05) is 12.4 Å². The van der Waals surface area contributed by atoms with Crippen LogP contribution in [0.25, 0.3) is 0 Å². The Balaban J connectivity index is 2.81. The van der Waals surface area contributed by atoms with Crippen LogP contribution in [0.3, 0.4) is 0 Å². The van der Waals surface area contributed by atoms with E-state index in [0.717, 1.165) is 12.1 Å². The van der Waals surface area contributed by atoms with Crippen LogP contribution in [0.4, 0.5) is 0 Å². The lowest BCUT2D eigenvalue weighted by Gasteiger charge is -2.11. The molecule has 3 N–H and O–H groups in total. The van der Waals surface area contributed by atoms with Crippen LogP contribution in [0.2, 0.25) is 0 Å². The molecule has 0 aliphatic rings. The molecule has 11 heavy (non-hydrogen) atoms. The average molecular weight is 171 g/mol. The second-order valence-electron chi connectivity index (χ2n) is 2.43.